The molecule has 8 nitrogen and oxygen atoms in total. The lowest BCUT2D eigenvalue weighted by atomic mass is 10.1. The highest BCUT2D eigenvalue weighted by atomic mass is 16.6. The van der Waals surface area contributed by atoms with E-state index in [1.165, 1.54) is 11.8 Å². The minimum atomic E-state index is -0.592. The summed E-state index contributed by atoms with van der Waals surface area (Å²) < 4.78 is 11.3. The molecule has 0 aliphatic carbocycles. The first-order valence-electron chi connectivity index (χ1n) is 10.8. The van der Waals surface area contributed by atoms with Crippen LogP contribution in [-0.4, -0.2) is 34.5 Å². The molecule has 8 heteroatoms. The van der Waals surface area contributed by atoms with E-state index in [1.807, 2.05) is 45.0 Å². The second kappa shape index (κ2) is 10.2. The van der Waals surface area contributed by atoms with Crippen LogP contribution in [0.3, 0.4) is 0 Å². The van der Waals surface area contributed by atoms with E-state index >= 15 is 0 Å². The molecule has 0 radical (unpaired) electrons. The number of aromatic nitrogens is 1. The maximum absolute atomic E-state index is 12.3. The third-order valence-electron chi connectivity index (χ3n) is 4.69. The molecule has 1 aromatic heterocycles. The zero-order chi connectivity index (χ0) is 24.9. The molecule has 0 fully saturated rings. The van der Waals surface area contributed by atoms with Gasteiger partial charge in [-0.1, -0.05) is 12.1 Å². The van der Waals surface area contributed by atoms with Gasteiger partial charge < -0.3 is 19.7 Å². The van der Waals surface area contributed by atoms with Gasteiger partial charge in [0, 0.05) is 25.9 Å². The van der Waals surface area contributed by atoms with Gasteiger partial charge in [-0.05, 0) is 68.3 Å². The van der Waals surface area contributed by atoms with Gasteiger partial charge in [0.1, 0.15) is 23.8 Å². The van der Waals surface area contributed by atoms with Crippen molar-refractivity contribution in [2.24, 2.45) is 0 Å². The number of pyridine rings is 1. The van der Waals surface area contributed by atoms with Gasteiger partial charge in [0.05, 0.1) is 17.1 Å². The number of hydrogen-bond acceptors (Lipinski definition) is 6. The molecule has 0 saturated heterocycles. The number of ether oxygens (including phenoxy) is 2. The van der Waals surface area contributed by atoms with E-state index in [-0.39, 0.29) is 19.1 Å². The molecular formula is C26H28N4O4. The van der Waals surface area contributed by atoms with Crippen molar-refractivity contribution in [3.8, 4) is 11.8 Å². The average Bonchev–Trinajstić information content (AvgIpc) is 2.75. The highest BCUT2D eigenvalue weighted by Crippen LogP contribution is 2.22. The molecule has 0 aliphatic heterocycles. The molecule has 1 N–H and O–H groups in total. The third kappa shape index (κ3) is 6.94. The fourth-order valence-electron chi connectivity index (χ4n) is 3.25. The third-order valence-corrected chi connectivity index (χ3v) is 4.69. The van der Waals surface area contributed by atoms with E-state index < -0.39 is 11.7 Å². The number of benzene rings is 2. The van der Waals surface area contributed by atoms with Gasteiger partial charge in [0.25, 0.3) is 0 Å². The van der Waals surface area contributed by atoms with E-state index in [1.54, 1.807) is 31.3 Å². The van der Waals surface area contributed by atoms with Crippen LogP contribution in [0, 0.1) is 11.3 Å². The van der Waals surface area contributed by atoms with Crippen LogP contribution in [-0.2, 0) is 22.7 Å². The number of nitriles is 1. The van der Waals surface area contributed by atoms with E-state index in [2.05, 4.69) is 16.4 Å². The Morgan fingerprint density at radius 1 is 1.09 bits per heavy atom. The van der Waals surface area contributed by atoms with Crippen molar-refractivity contribution in [2.45, 2.75) is 46.4 Å². The molecule has 0 bridgehead atoms. The molecular weight excluding hydrogens is 432 g/mol. The molecule has 34 heavy (non-hydrogen) atoms. The van der Waals surface area contributed by atoms with Crippen LogP contribution in [0.2, 0.25) is 0 Å². The minimum absolute atomic E-state index is 0.183. The highest BCUT2D eigenvalue weighted by molar-refractivity contribution is 5.89. The van der Waals surface area contributed by atoms with E-state index in [0.717, 1.165) is 22.0 Å². The van der Waals surface area contributed by atoms with Gasteiger partial charge in [-0.25, -0.2) is 9.78 Å². The summed E-state index contributed by atoms with van der Waals surface area (Å²) in [5, 5.41) is 13.0. The number of nitrogens with one attached hydrogen (secondary N) is 1. The highest BCUT2D eigenvalue weighted by Gasteiger charge is 2.20. The quantitative estimate of drug-likeness (QED) is 0.554. The molecule has 0 aliphatic rings. The number of rotatable bonds is 6. The predicted octanol–water partition coefficient (Wildman–Crippen LogP) is 5.01. The van der Waals surface area contributed by atoms with Crippen molar-refractivity contribution in [3.63, 3.8) is 0 Å². The monoisotopic (exact) mass is 460 g/mol. The van der Waals surface area contributed by atoms with Gasteiger partial charge in [-0.3, -0.25) is 4.79 Å². The van der Waals surface area contributed by atoms with Gasteiger partial charge in [0.2, 0.25) is 5.91 Å². The first-order chi connectivity index (χ1) is 16.0. The van der Waals surface area contributed by atoms with Crippen LogP contribution >= 0.6 is 0 Å². The van der Waals surface area contributed by atoms with Crippen molar-refractivity contribution in [3.05, 3.63) is 65.2 Å². The number of carbonyl (C=O) groups is 2. The molecule has 1 heterocycles. The normalized spacial score (nSPS) is 10.9. The summed E-state index contributed by atoms with van der Waals surface area (Å²) in [5.41, 5.74) is 2.21. The molecule has 2 aromatic carbocycles. The number of hydrogen-bond donors (Lipinski definition) is 1. The van der Waals surface area contributed by atoms with Gasteiger partial charge >= 0.3 is 6.09 Å². The zero-order valence-corrected chi connectivity index (χ0v) is 20.0. The van der Waals surface area contributed by atoms with Gasteiger partial charge in [-0.2, -0.15) is 5.26 Å². The first kappa shape index (κ1) is 24.5. The van der Waals surface area contributed by atoms with Crippen molar-refractivity contribution >= 4 is 28.7 Å². The van der Waals surface area contributed by atoms with E-state index in [0.29, 0.717) is 17.1 Å². The number of amides is 2. The Bertz CT molecular complexity index is 1260. The molecule has 0 unspecified atom stereocenters. The van der Waals surface area contributed by atoms with E-state index in [9.17, 15) is 14.9 Å². The Hall–Kier alpha value is -4.12. The lowest BCUT2D eigenvalue weighted by Gasteiger charge is -2.24. The van der Waals surface area contributed by atoms with Crippen molar-refractivity contribution in [1.29, 1.82) is 5.26 Å². The van der Waals surface area contributed by atoms with Crippen molar-refractivity contribution in [2.75, 3.05) is 12.4 Å². The summed E-state index contributed by atoms with van der Waals surface area (Å²) in [6, 6.07) is 16.7. The van der Waals surface area contributed by atoms with Crippen LogP contribution in [0.1, 0.15) is 44.4 Å². The van der Waals surface area contributed by atoms with Crippen LogP contribution < -0.4 is 10.1 Å². The second-order valence-corrected chi connectivity index (χ2v) is 9.01. The van der Waals surface area contributed by atoms with Crippen LogP contribution in [0.4, 0.5) is 10.6 Å². The maximum Gasteiger partial charge on any atom is 0.410 e. The topological polar surface area (TPSA) is 105 Å². The lowest BCUT2D eigenvalue weighted by Crippen LogP contribution is -2.33. The largest absolute Gasteiger partial charge is 0.489 e. The molecule has 0 spiro atoms. The Balaban J connectivity index is 1.74. The standard InChI is InChI=1S/C26H28N4O4/c1-17(31)28-24-9-8-21-7-6-18(13-23(21)29-24)16-33-22-11-19(14-27)10-20(12-22)15-30(5)25(32)34-26(2,3)4/h6-13H,15-16H2,1-5H3,(H,28,29,31). The van der Waals surface area contributed by atoms with Gasteiger partial charge in [0.15, 0.2) is 0 Å². The summed E-state index contributed by atoms with van der Waals surface area (Å²) in [5.74, 6) is 0.821. The maximum atomic E-state index is 12.3. The minimum Gasteiger partial charge on any atom is -0.489 e. The van der Waals surface area contributed by atoms with Crippen LogP contribution in [0.5, 0.6) is 5.75 Å². The Morgan fingerprint density at radius 3 is 2.50 bits per heavy atom. The zero-order valence-electron chi connectivity index (χ0n) is 20.0. The molecule has 2 amide bonds. The Kier molecular flexibility index (Phi) is 7.37. The number of fused-ring (bicyclic) bond motifs is 1. The van der Waals surface area contributed by atoms with Crippen LogP contribution in [0.25, 0.3) is 10.9 Å². The van der Waals surface area contributed by atoms with E-state index in [4.69, 9.17) is 9.47 Å². The summed E-state index contributed by atoms with van der Waals surface area (Å²) in [6.45, 7) is 7.40. The number of nitrogens with zero attached hydrogens (tertiary/aromatic N) is 3. The second-order valence-electron chi connectivity index (χ2n) is 9.01. The average molecular weight is 461 g/mol. The Morgan fingerprint density at radius 2 is 1.82 bits per heavy atom. The number of anilines is 1. The fraction of sp³-hybridized carbons (Fsp3) is 0.308. The number of carbonyl (C=O) groups excluding carboxylic acids is 2. The molecule has 3 rings (SSSR count). The van der Waals surface area contributed by atoms with Crippen molar-refractivity contribution < 1.29 is 19.1 Å². The summed E-state index contributed by atoms with van der Waals surface area (Å²) in [7, 11) is 1.64. The van der Waals surface area contributed by atoms with Crippen molar-refractivity contribution in [1.82, 2.24) is 9.88 Å². The lowest BCUT2D eigenvalue weighted by molar-refractivity contribution is -0.114. The molecule has 176 valence electrons. The smallest absolute Gasteiger partial charge is 0.410 e. The predicted molar refractivity (Wildman–Crippen MR) is 129 cm³/mol. The summed E-state index contributed by atoms with van der Waals surface area (Å²) in [6.07, 6.45) is -0.445. The molecule has 3 aromatic rings. The Labute approximate surface area is 199 Å². The first-order valence-corrected chi connectivity index (χ1v) is 10.8. The SMILES string of the molecule is CC(=O)Nc1ccc2ccc(COc3cc(C#N)cc(CN(C)C(=O)OC(C)(C)C)c3)cc2n1. The fourth-order valence-corrected chi connectivity index (χ4v) is 3.25. The van der Waals surface area contributed by atoms with Gasteiger partial charge in [-0.15, -0.1) is 0 Å². The summed E-state index contributed by atoms with van der Waals surface area (Å²) in [4.78, 5) is 29.5. The summed E-state index contributed by atoms with van der Waals surface area (Å²) >= 11 is 0. The van der Waals surface area contributed by atoms with Crippen LogP contribution in [0.15, 0.2) is 48.5 Å². The molecule has 0 atom stereocenters. The molecule has 0 saturated carbocycles.